The third-order valence-electron chi connectivity index (χ3n) is 4.27. The highest BCUT2D eigenvalue weighted by Gasteiger charge is 2.14. The van der Waals surface area contributed by atoms with Gasteiger partial charge in [-0.2, -0.15) is 0 Å². The summed E-state index contributed by atoms with van der Waals surface area (Å²) in [5.74, 6) is -0.00684. The van der Waals surface area contributed by atoms with Gasteiger partial charge in [-0.3, -0.25) is 14.9 Å². The number of carbonyl (C=O) groups is 1. The molecule has 1 aromatic heterocycles. The quantitative estimate of drug-likeness (QED) is 0.415. The minimum atomic E-state index is -0.481. The molecule has 1 aliphatic carbocycles. The Labute approximate surface area is 152 Å². The van der Waals surface area contributed by atoms with Crippen molar-refractivity contribution in [2.24, 2.45) is 0 Å². The molecule has 0 atom stereocenters. The number of benzene rings is 2. The van der Waals surface area contributed by atoms with E-state index < -0.39 is 4.92 Å². The number of rotatable bonds is 5. The van der Waals surface area contributed by atoms with Crippen molar-refractivity contribution in [3.63, 3.8) is 0 Å². The largest absolute Gasteiger partial charge is 0.431 e. The number of thioether (sulfide) groups is 1. The molecule has 1 N–H and O–H groups in total. The van der Waals surface area contributed by atoms with E-state index in [1.54, 1.807) is 0 Å². The fraction of sp³-hybridized carbons (Fsp3) is 0.222. The lowest BCUT2D eigenvalue weighted by molar-refractivity contribution is -0.384. The van der Waals surface area contributed by atoms with E-state index in [-0.39, 0.29) is 17.3 Å². The molecule has 0 aliphatic heterocycles. The number of fused-ring (bicyclic) bond motifs is 2. The highest BCUT2D eigenvalue weighted by atomic mass is 32.2. The molecule has 1 heterocycles. The summed E-state index contributed by atoms with van der Waals surface area (Å²) in [6.07, 6.45) is 3.33. The van der Waals surface area contributed by atoms with Crippen LogP contribution in [-0.4, -0.2) is 21.6 Å². The van der Waals surface area contributed by atoms with Gasteiger partial charge in [-0.25, -0.2) is 4.98 Å². The summed E-state index contributed by atoms with van der Waals surface area (Å²) >= 11 is 1.15. The first kappa shape index (κ1) is 16.6. The number of hydrogen-bond acceptors (Lipinski definition) is 6. The van der Waals surface area contributed by atoms with Gasteiger partial charge in [0.15, 0.2) is 5.58 Å². The van der Waals surface area contributed by atoms with Crippen LogP contribution in [0.15, 0.2) is 46.0 Å². The van der Waals surface area contributed by atoms with Gasteiger partial charge < -0.3 is 9.73 Å². The first-order valence-electron chi connectivity index (χ1n) is 8.18. The Morgan fingerprint density at radius 2 is 2.08 bits per heavy atom. The Morgan fingerprint density at radius 3 is 2.92 bits per heavy atom. The van der Waals surface area contributed by atoms with E-state index in [1.165, 1.54) is 35.7 Å². The van der Waals surface area contributed by atoms with Crippen molar-refractivity contribution in [2.75, 3.05) is 11.1 Å². The van der Waals surface area contributed by atoms with Gasteiger partial charge in [0.05, 0.1) is 10.7 Å². The molecule has 7 nitrogen and oxygen atoms in total. The topological polar surface area (TPSA) is 98.3 Å². The maximum atomic E-state index is 12.2. The van der Waals surface area contributed by atoms with Gasteiger partial charge in [0.2, 0.25) is 5.91 Å². The number of nitro groups is 1. The minimum Gasteiger partial charge on any atom is -0.431 e. The normalized spacial score (nSPS) is 12.9. The second-order valence-corrected chi connectivity index (χ2v) is 6.99. The minimum absolute atomic E-state index is 0.0447. The average molecular weight is 369 g/mol. The fourth-order valence-electron chi connectivity index (χ4n) is 3.04. The van der Waals surface area contributed by atoms with Gasteiger partial charge in [0, 0.05) is 17.8 Å². The maximum Gasteiger partial charge on any atom is 0.271 e. The number of nitrogens with one attached hydrogen (secondary N) is 1. The van der Waals surface area contributed by atoms with E-state index in [1.807, 2.05) is 12.1 Å². The number of hydrogen-bond donors (Lipinski definition) is 1. The second kappa shape index (κ2) is 6.80. The van der Waals surface area contributed by atoms with Crippen LogP contribution in [-0.2, 0) is 17.6 Å². The van der Waals surface area contributed by atoms with Crippen molar-refractivity contribution in [3.8, 4) is 0 Å². The number of carbonyl (C=O) groups excluding carboxylic acids is 1. The molecule has 0 radical (unpaired) electrons. The highest BCUT2D eigenvalue weighted by Crippen LogP contribution is 2.27. The number of nitrogens with zero attached hydrogens (tertiary/aromatic N) is 2. The van der Waals surface area contributed by atoms with E-state index >= 15 is 0 Å². The van der Waals surface area contributed by atoms with Crippen LogP contribution in [0, 0.1) is 10.1 Å². The summed E-state index contributed by atoms with van der Waals surface area (Å²) in [7, 11) is 0. The lowest BCUT2D eigenvalue weighted by Crippen LogP contribution is -2.14. The Kier molecular flexibility index (Phi) is 4.34. The van der Waals surface area contributed by atoms with Gasteiger partial charge in [-0.1, -0.05) is 17.8 Å². The summed E-state index contributed by atoms with van der Waals surface area (Å²) in [6, 6.07) is 10.2. The molecule has 26 heavy (non-hydrogen) atoms. The van der Waals surface area contributed by atoms with Gasteiger partial charge in [0.1, 0.15) is 5.52 Å². The molecule has 1 amide bonds. The Bertz CT molecular complexity index is 1010. The molecule has 0 fully saturated rings. The van der Waals surface area contributed by atoms with Crippen LogP contribution in [0.3, 0.4) is 0 Å². The van der Waals surface area contributed by atoms with E-state index in [0.717, 1.165) is 30.3 Å². The van der Waals surface area contributed by atoms with Crippen LogP contribution in [0.2, 0.25) is 0 Å². The molecular weight excluding hydrogens is 354 g/mol. The Morgan fingerprint density at radius 1 is 1.23 bits per heavy atom. The number of oxazole rings is 1. The first-order chi connectivity index (χ1) is 12.6. The molecule has 3 aromatic rings. The molecule has 8 heteroatoms. The SMILES string of the molecule is O=C(CSc1nc2cc([N+](=O)[O-])ccc2o1)Nc1ccc2c(c1)CCC2. The molecule has 0 unspecified atom stereocenters. The molecule has 4 rings (SSSR count). The zero-order chi connectivity index (χ0) is 18.1. The van der Waals surface area contributed by atoms with E-state index in [4.69, 9.17) is 4.42 Å². The van der Waals surface area contributed by atoms with Crippen molar-refractivity contribution < 1.29 is 14.1 Å². The van der Waals surface area contributed by atoms with Crippen LogP contribution in [0.1, 0.15) is 17.5 Å². The second-order valence-electron chi connectivity index (χ2n) is 6.06. The third kappa shape index (κ3) is 3.41. The predicted molar refractivity (Wildman–Crippen MR) is 98.5 cm³/mol. The summed E-state index contributed by atoms with van der Waals surface area (Å²) < 4.78 is 5.51. The van der Waals surface area contributed by atoms with Crippen LogP contribution >= 0.6 is 11.8 Å². The molecular formula is C18H15N3O4S. The molecule has 0 spiro atoms. The highest BCUT2D eigenvalue weighted by molar-refractivity contribution is 7.99. The average Bonchev–Trinajstić information content (AvgIpc) is 3.24. The zero-order valence-electron chi connectivity index (χ0n) is 13.7. The van der Waals surface area contributed by atoms with Gasteiger partial charge in [-0.05, 0) is 48.6 Å². The Balaban J connectivity index is 1.39. The molecule has 0 saturated carbocycles. The van der Waals surface area contributed by atoms with Crippen LogP contribution in [0.5, 0.6) is 0 Å². The third-order valence-corrected chi connectivity index (χ3v) is 5.10. The van der Waals surface area contributed by atoms with Gasteiger partial charge in [0.25, 0.3) is 10.9 Å². The lowest BCUT2D eigenvalue weighted by atomic mass is 10.1. The van der Waals surface area contributed by atoms with Crippen LogP contribution < -0.4 is 5.32 Å². The summed E-state index contributed by atoms with van der Waals surface area (Å²) in [4.78, 5) is 26.7. The lowest BCUT2D eigenvalue weighted by Gasteiger charge is -2.06. The Hall–Kier alpha value is -2.87. The predicted octanol–water partition coefficient (Wildman–Crippen LogP) is 3.96. The molecule has 0 saturated heterocycles. The first-order valence-corrected chi connectivity index (χ1v) is 9.16. The number of nitro benzene ring substituents is 1. The van der Waals surface area contributed by atoms with Gasteiger partial charge >= 0.3 is 0 Å². The zero-order valence-corrected chi connectivity index (χ0v) is 14.5. The van der Waals surface area contributed by atoms with Crippen LogP contribution in [0.4, 0.5) is 11.4 Å². The fourth-order valence-corrected chi connectivity index (χ4v) is 3.68. The summed E-state index contributed by atoms with van der Waals surface area (Å²) in [5.41, 5.74) is 4.27. The maximum absolute atomic E-state index is 12.2. The molecule has 132 valence electrons. The standard InChI is InChI=1S/C18H15N3O4S/c22-17(19-13-5-4-11-2-1-3-12(11)8-13)10-26-18-20-15-9-14(21(23)24)6-7-16(15)25-18/h4-9H,1-3,10H2,(H,19,22). The van der Waals surface area contributed by atoms with E-state index in [9.17, 15) is 14.9 Å². The number of aromatic nitrogens is 1. The number of amides is 1. The van der Waals surface area contributed by atoms with Crippen molar-refractivity contribution in [1.82, 2.24) is 4.98 Å². The van der Waals surface area contributed by atoms with Gasteiger partial charge in [-0.15, -0.1) is 0 Å². The molecule has 2 aromatic carbocycles. The van der Waals surface area contributed by atoms with E-state index in [0.29, 0.717) is 16.3 Å². The summed E-state index contributed by atoms with van der Waals surface area (Å²) in [6.45, 7) is 0. The van der Waals surface area contributed by atoms with Crippen molar-refractivity contribution in [2.45, 2.75) is 24.5 Å². The monoisotopic (exact) mass is 369 g/mol. The summed E-state index contributed by atoms with van der Waals surface area (Å²) in [5, 5.41) is 14.0. The van der Waals surface area contributed by atoms with E-state index in [2.05, 4.69) is 16.4 Å². The number of aryl methyl sites for hydroxylation is 2. The molecule has 0 bridgehead atoms. The van der Waals surface area contributed by atoms with Crippen molar-refractivity contribution in [3.05, 3.63) is 57.6 Å². The molecule has 1 aliphatic rings. The van der Waals surface area contributed by atoms with Crippen molar-refractivity contribution >= 4 is 40.1 Å². The number of anilines is 1. The van der Waals surface area contributed by atoms with Crippen molar-refractivity contribution in [1.29, 1.82) is 0 Å². The van der Waals surface area contributed by atoms with Crippen LogP contribution in [0.25, 0.3) is 11.1 Å². The number of non-ortho nitro benzene ring substituents is 1. The smallest absolute Gasteiger partial charge is 0.271 e.